The second-order valence-corrected chi connectivity index (χ2v) is 7.62. The van der Waals surface area contributed by atoms with E-state index >= 15 is 0 Å². The van der Waals surface area contributed by atoms with E-state index in [1.165, 1.54) is 5.56 Å². The van der Waals surface area contributed by atoms with Crippen molar-refractivity contribution in [2.24, 2.45) is 0 Å². The summed E-state index contributed by atoms with van der Waals surface area (Å²) in [6.45, 7) is 4.04. The number of hydrogen-bond acceptors (Lipinski definition) is 3. The molecule has 0 aromatic heterocycles. The first-order chi connectivity index (χ1) is 14.1. The molecule has 3 nitrogen and oxygen atoms in total. The third kappa shape index (κ3) is 6.03. The van der Waals surface area contributed by atoms with Gasteiger partial charge in [-0.3, -0.25) is 0 Å². The van der Waals surface area contributed by atoms with Crippen molar-refractivity contribution in [1.82, 2.24) is 5.32 Å². The van der Waals surface area contributed by atoms with Gasteiger partial charge in [-0.25, -0.2) is 0 Å². The van der Waals surface area contributed by atoms with Gasteiger partial charge in [-0.15, -0.1) is 0 Å². The summed E-state index contributed by atoms with van der Waals surface area (Å²) in [6.07, 6.45) is 0. The zero-order valence-corrected chi connectivity index (χ0v) is 18.3. The fraction of sp³-hybridized carbons (Fsp3) is 0.217. The van der Waals surface area contributed by atoms with E-state index in [9.17, 15) is 0 Å². The van der Waals surface area contributed by atoms with Gasteiger partial charge in [0.1, 0.15) is 6.61 Å². The maximum atomic E-state index is 6.50. The van der Waals surface area contributed by atoms with Crippen molar-refractivity contribution < 1.29 is 9.47 Å². The first-order valence-corrected chi connectivity index (χ1v) is 10.5. The van der Waals surface area contributed by atoms with Crippen LogP contribution in [0.5, 0.6) is 11.5 Å². The van der Waals surface area contributed by atoms with E-state index in [0.29, 0.717) is 39.7 Å². The minimum atomic E-state index is 0.223. The number of benzene rings is 3. The van der Waals surface area contributed by atoms with Crippen LogP contribution in [-0.2, 0) is 19.7 Å². The predicted molar refractivity (Wildman–Crippen MR) is 120 cm³/mol. The van der Waals surface area contributed by atoms with Gasteiger partial charge in [0, 0.05) is 39.8 Å². The molecule has 29 heavy (non-hydrogen) atoms. The summed E-state index contributed by atoms with van der Waals surface area (Å²) in [7, 11) is 0. The fourth-order valence-corrected chi connectivity index (χ4v) is 3.58. The van der Waals surface area contributed by atoms with Crippen LogP contribution < -0.4 is 14.8 Å². The summed E-state index contributed by atoms with van der Waals surface area (Å²) < 4.78 is 11.7. The van der Waals surface area contributed by atoms with Gasteiger partial charge in [-0.1, -0.05) is 71.2 Å². The van der Waals surface area contributed by atoms with Crippen LogP contribution in [0.3, 0.4) is 0 Å². The summed E-state index contributed by atoms with van der Waals surface area (Å²) in [4.78, 5) is 0. The van der Waals surface area contributed by atoms with Crippen LogP contribution in [0.2, 0.25) is 15.1 Å². The SMILES string of the molecule is CCOc1cc(CNCc2ccccc2)c(Cl)cc1OCc1c(Cl)cccc1Cl. The van der Waals surface area contributed by atoms with Crippen LogP contribution in [0.25, 0.3) is 0 Å². The lowest BCUT2D eigenvalue weighted by molar-refractivity contribution is 0.269. The molecule has 152 valence electrons. The zero-order valence-electron chi connectivity index (χ0n) is 16.1. The van der Waals surface area contributed by atoms with Crippen molar-refractivity contribution in [2.75, 3.05) is 6.61 Å². The average molecular weight is 451 g/mol. The molecule has 3 aromatic carbocycles. The molecule has 0 unspecified atom stereocenters. The molecular weight excluding hydrogens is 429 g/mol. The highest BCUT2D eigenvalue weighted by Gasteiger charge is 2.13. The highest BCUT2D eigenvalue weighted by molar-refractivity contribution is 6.36. The maximum Gasteiger partial charge on any atom is 0.163 e. The quantitative estimate of drug-likeness (QED) is 0.384. The van der Waals surface area contributed by atoms with Gasteiger partial charge in [0.2, 0.25) is 0 Å². The molecule has 0 amide bonds. The number of hydrogen-bond donors (Lipinski definition) is 1. The predicted octanol–water partition coefficient (Wildman–Crippen LogP) is 6.91. The Labute approximate surface area is 186 Å². The molecule has 0 aliphatic rings. The van der Waals surface area contributed by atoms with Crippen molar-refractivity contribution in [3.8, 4) is 11.5 Å². The Kier molecular flexibility index (Phi) is 8.08. The van der Waals surface area contributed by atoms with Gasteiger partial charge in [0.15, 0.2) is 11.5 Å². The van der Waals surface area contributed by atoms with Crippen molar-refractivity contribution in [3.05, 3.63) is 92.4 Å². The Balaban J connectivity index is 1.71. The molecule has 0 fully saturated rings. The molecule has 3 rings (SSSR count). The molecule has 0 aliphatic heterocycles. The Morgan fingerprint density at radius 3 is 2.14 bits per heavy atom. The Morgan fingerprint density at radius 1 is 0.759 bits per heavy atom. The van der Waals surface area contributed by atoms with E-state index in [1.54, 1.807) is 24.3 Å². The topological polar surface area (TPSA) is 30.5 Å². The molecule has 0 saturated carbocycles. The van der Waals surface area contributed by atoms with Crippen molar-refractivity contribution in [3.63, 3.8) is 0 Å². The van der Waals surface area contributed by atoms with Crippen molar-refractivity contribution in [2.45, 2.75) is 26.6 Å². The number of ether oxygens (including phenoxy) is 2. The molecule has 0 heterocycles. The zero-order chi connectivity index (χ0) is 20.6. The highest BCUT2D eigenvalue weighted by atomic mass is 35.5. The summed E-state index contributed by atoms with van der Waals surface area (Å²) in [5.41, 5.74) is 2.88. The van der Waals surface area contributed by atoms with Crippen LogP contribution in [0.4, 0.5) is 0 Å². The lowest BCUT2D eigenvalue weighted by Gasteiger charge is -2.16. The molecule has 0 aliphatic carbocycles. The minimum Gasteiger partial charge on any atom is -0.490 e. The van der Waals surface area contributed by atoms with Gasteiger partial charge in [0.25, 0.3) is 0 Å². The largest absolute Gasteiger partial charge is 0.490 e. The van der Waals surface area contributed by atoms with E-state index in [0.717, 1.165) is 17.7 Å². The van der Waals surface area contributed by atoms with E-state index in [2.05, 4.69) is 17.4 Å². The highest BCUT2D eigenvalue weighted by Crippen LogP contribution is 2.35. The van der Waals surface area contributed by atoms with Gasteiger partial charge in [-0.2, -0.15) is 0 Å². The summed E-state index contributed by atoms with van der Waals surface area (Å²) >= 11 is 19.0. The number of rotatable bonds is 9. The fourth-order valence-electron chi connectivity index (χ4n) is 2.85. The summed E-state index contributed by atoms with van der Waals surface area (Å²) in [5.74, 6) is 1.19. The summed E-state index contributed by atoms with van der Waals surface area (Å²) in [6, 6.07) is 19.3. The van der Waals surface area contributed by atoms with Crippen LogP contribution in [0, 0.1) is 0 Å². The third-order valence-electron chi connectivity index (χ3n) is 4.33. The van der Waals surface area contributed by atoms with Crippen LogP contribution in [0.15, 0.2) is 60.7 Å². The molecule has 0 spiro atoms. The van der Waals surface area contributed by atoms with E-state index < -0.39 is 0 Å². The van der Waals surface area contributed by atoms with Gasteiger partial charge < -0.3 is 14.8 Å². The second kappa shape index (κ2) is 10.7. The second-order valence-electron chi connectivity index (χ2n) is 6.40. The Hall–Kier alpha value is -1.91. The van der Waals surface area contributed by atoms with Gasteiger partial charge in [-0.05, 0) is 36.2 Å². The minimum absolute atomic E-state index is 0.223. The monoisotopic (exact) mass is 449 g/mol. The van der Waals surface area contributed by atoms with E-state index in [1.807, 2.05) is 31.2 Å². The standard InChI is InChI=1S/C23H22Cl3NO2/c1-2-28-22-11-17(14-27-13-16-7-4-3-5-8-16)21(26)12-23(22)29-15-18-19(24)9-6-10-20(18)25/h3-12,27H,2,13-15H2,1H3. The normalized spacial score (nSPS) is 10.8. The smallest absolute Gasteiger partial charge is 0.163 e. The average Bonchev–Trinajstić information content (AvgIpc) is 2.71. The molecule has 0 bridgehead atoms. The van der Waals surface area contributed by atoms with Crippen LogP contribution in [0.1, 0.15) is 23.6 Å². The molecule has 6 heteroatoms. The number of halogens is 3. The van der Waals surface area contributed by atoms with Gasteiger partial charge >= 0.3 is 0 Å². The molecular formula is C23H22Cl3NO2. The number of nitrogens with one attached hydrogen (secondary N) is 1. The maximum absolute atomic E-state index is 6.50. The molecule has 1 N–H and O–H groups in total. The Bertz CT molecular complexity index is 928. The van der Waals surface area contributed by atoms with E-state index in [4.69, 9.17) is 44.3 Å². The van der Waals surface area contributed by atoms with Crippen molar-refractivity contribution >= 4 is 34.8 Å². The van der Waals surface area contributed by atoms with Gasteiger partial charge in [0.05, 0.1) is 6.61 Å². The van der Waals surface area contributed by atoms with Crippen LogP contribution >= 0.6 is 34.8 Å². The van der Waals surface area contributed by atoms with Crippen LogP contribution in [-0.4, -0.2) is 6.61 Å². The lowest BCUT2D eigenvalue weighted by Crippen LogP contribution is -2.13. The first kappa shape index (κ1) is 21.8. The molecule has 0 radical (unpaired) electrons. The lowest BCUT2D eigenvalue weighted by atomic mass is 10.1. The van der Waals surface area contributed by atoms with Crippen molar-refractivity contribution in [1.29, 1.82) is 0 Å². The summed E-state index contributed by atoms with van der Waals surface area (Å²) in [5, 5.41) is 5.13. The third-order valence-corrected chi connectivity index (χ3v) is 5.39. The first-order valence-electron chi connectivity index (χ1n) is 9.34. The molecule has 3 aromatic rings. The Morgan fingerprint density at radius 2 is 1.45 bits per heavy atom. The molecule has 0 atom stereocenters. The van der Waals surface area contributed by atoms with E-state index in [-0.39, 0.29) is 6.61 Å². The molecule has 0 saturated heterocycles.